The lowest BCUT2D eigenvalue weighted by atomic mass is 10.0. The quantitative estimate of drug-likeness (QED) is 0.734. The molecule has 0 amide bonds. The van der Waals surface area contributed by atoms with Gasteiger partial charge >= 0.3 is 5.97 Å². The van der Waals surface area contributed by atoms with Crippen molar-refractivity contribution in [1.82, 2.24) is 19.1 Å². The molecule has 28 heavy (non-hydrogen) atoms. The summed E-state index contributed by atoms with van der Waals surface area (Å²) in [4.78, 5) is 14.2. The summed E-state index contributed by atoms with van der Waals surface area (Å²) < 4.78 is 9.51. The van der Waals surface area contributed by atoms with Crippen LogP contribution in [0.1, 0.15) is 41.5 Å². The number of aromatic nitrogens is 3. The fraction of sp³-hybridized carbons (Fsp3) is 0.429. The third-order valence-electron chi connectivity index (χ3n) is 5.67. The summed E-state index contributed by atoms with van der Waals surface area (Å²) in [6.07, 6.45) is 4.03. The fourth-order valence-electron chi connectivity index (χ4n) is 4.08. The lowest BCUT2D eigenvalue weighted by molar-refractivity contribution is 0.0187. The van der Waals surface area contributed by atoms with Crippen molar-refractivity contribution in [3.63, 3.8) is 0 Å². The van der Waals surface area contributed by atoms with Crippen LogP contribution in [0.3, 0.4) is 0 Å². The van der Waals surface area contributed by atoms with Gasteiger partial charge in [-0.15, -0.1) is 0 Å². The summed E-state index contributed by atoms with van der Waals surface area (Å²) in [5.74, 6) is -0.895. The van der Waals surface area contributed by atoms with Crippen molar-refractivity contribution in [3.05, 3.63) is 47.4 Å². The van der Waals surface area contributed by atoms with E-state index in [-0.39, 0.29) is 6.04 Å². The Morgan fingerprint density at radius 2 is 2.07 bits per heavy atom. The minimum atomic E-state index is -0.895. The molecule has 0 radical (unpaired) electrons. The number of morpholine rings is 1. The molecule has 4 rings (SSSR count). The predicted molar refractivity (Wildman–Crippen MR) is 107 cm³/mol. The first-order valence-corrected chi connectivity index (χ1v) is 9.74. The number of carboxylic acids is 1. The lowest BCUT2D eigenvalue weighted by Crippen LogP contribution is -2.39. The Kier molecular flexibility index (Phi) is 4.95. The second kappa shape index (κ2) is 7.41. The lowest BCUT2D eigenvalue weighted by Gasteiger charge is -2.33. The van der Waals surface area contributed by atoms with Crippen LogP contribution in [0.2, 0.25) is 0 Å². The topological polar surface area (TPSA) is 72.0 Å². The van der Waals surface area contributed by atoms with Crippen LogP contribution in [0.15, 0.2) is 30.6 Å². The third-order valence-corrected chi connectivity index (χ3v) is 5.67. The number of aromatic carboxylic acids is 1. The zero-order chi connectivity index (χ0) is 19.8. The van der Waals surface area contributed by atoms with Crippen LogP contribution in [0, 0.1) is 6.92 Å². The molecule has 0 bridgehead atoms. The molecule has 1 aliphatic heterocycles. The molecule has 3 aromatic rings. The highest BCUT2D eigenvalue weighted by molar-refractivity contribution is 5.91. The average Bonchev–Trinajstić information content (AvgIpc) is 3.34. The SMILES string of the molecule is CCn1ccc(-c2cc3cc(C(=O)O)c(C)c(C(C)N4CCOCC4)n3c2)n1. The number of aryl methyl sites for hydroxylation is 1. The maximum absolute atomic E-state index is 11.9. The highest BCUT2D eigenvalue weighted by Crippen LogP contribution is 2.31. The van der Waals surface area contributed by atoms with Crippen molar-refractivity contribution >= 4 is 11.5 Å². The van der Waals surface area contributed by atoms with Crippen LogP contribution >= 0.6 is 0 Å². The van der Waals surface area contributed by atoms with Crippen LogP contribution in [-0.2, 0) is 11.3 Å². The van der Waals surface area contributed by atoms with E-state index in [1.54, 1.807) is 6.07 Å². The monoisotopic (exact) mass is 382 g/mol. The van der Waals surface area contributed by atoms with Gasteiger partial charge in [-0.3, -0.25) is 9.58 Å². The van der Waals surface area contributed by atoms with Crippen molar-refractivity contribution in [2.75, 3.05) is 26.3 Å². The first kappa shape index (κ1) is 18.7. The van der Waals surface area contributed by atoms with Gasteiger partial charge in [0, 0.05) is 54.8 Å². The third kappa shape index (κ3) is 3.21. The zero-order valence-electron chi connectivity index (χ0n) is 16.6. The van der Waals surface area contributed by atoms with Gasteiger partial charge in [-0.25, -0.2) is 4.79 Å². The highest BCUT2D eigenvalue weighted by Gasteiger charge is 2.25. The van der Waals surface area contributed by atoms with Crippen LogP contribution in [0.5, 0.6) is 0 Å². The fourth-order valence-corrected chi connectivity index (χ4v) is 4.08. The molecular weight excluding hydrogens is 356 g/mol. The van der Waals surface area contributed by atoms with Crippen molar-refractivity contribution in [2.24, 2.45) is 0 Å². The number of pyridine rings is 1. The van der Waals surface area contributed by atoms with E-state index in [2.05, 4.69) is 34.4 Å². The Hall–Kier alpha value is -2.64. The largest absolute Gasteiger partial charge is 0.478 e. The van der Waals surface area contributed by atoms with Gasteiger partial charge in [0.05, 0.1) is 24.5 Å². The zero-order valence-corrected chi connectivity index (χ0v) is 16.6. The van der Waals surface area contributed by atoms with Crippen molar-refractivity contribution in [3.8, 4) is 11.3 Å². The van der Waals surface area contributed by atoms with E-state index in [0.717, 1.165) is 47.7 Å². The Labute approximate surface area is 164 Å². The van der Waals surface area contributed by atoms with Gasteiger partial charge in [0.15, 0.2) is 0 Å². The first-order chi connectivity index (χ1) is 13.5. The molecular formula is C21H26N4O3. The molecule has 1 atom stereocenters. The Balaban J connectivity index is 1.87. The van der Waals surface area contributed by atoms with Crippen molar-refractivity contribution in [2.45, 2.75) is 33.4 Å². The van der Waals surface area contributed by atoms with Gasteiger partial charge in [-0.05, 0) is 44.5 Å². The predicted octanol–water partition coefficient (Wildman–Crippen LogP) is 3.22. The van der Waals surface area contributed by atoms with Gasteiger partial charge in [0.25, 0.3) is 0 Å². The molecule has 7 heteroatoms. The minimum Gasteiger partial charge on any atom is -0.478 e. The number of carboxylic acid groups (broad SMARTS) is 1. The summed E-state index contributed by atoms with van der Waals surface area (Å²) in [5.41, 5.74) is 4.93. The van der Waals surface area contributed by atoms with Crippen molar-refractivity contribution < 1.29 is 14.6 Å². The minimum absolute atomic E-state index is 0.0825. The van der Waals surface area contributed by atoms with E-state index in [1.165, 1.54) is 0 Å². The molecule has 1 unspecified atom stereocenters. The smallest absolute Gasteiger partial charge is 0.336 e. The molecule has 3 aromatic heterocycles. The second-order valence-electron chi connectivity index (χ2n) is 7.28. The molecule has 0 aliphatic carbocycles. The number of rotatable bonds is 5. The van der Waals surface area contributed by atoms with Gasteiger partial charge in [0.2, 0.25) is 0 Å². The highest BCUT2D eigenvalue weighted by atomic mass is 16.5. The number of hydrogen-bond acceptors (Lipinski definition) is 4. The molecule has 0 saturated carbocycles. The van der Waals surface area contributed by atoms with Crippen LogP contribution in [0.25, 0.3) is 16.8 Å². The summed E-state index contributed by atoms with van der Waals surface area (Å²) in [5, 5.41) is 14.3. The Morgan fingerprint density at radius 1 is 1.32 bits per heavy atom. The van der Waals surface area contributed by atoms with Crippen molar-refractivity contribution in [1.29, 1.82) is 0 Å². The van der Waals surface area contributed by atoms with Gasteiger partial charge in [-0.1, -0.05) is 0 Å². The van der Waals surface area contributed by atoms with E-state index in [4.69, 9.17) is 4.74 Å². The summed E-state index contributed by atoms with van der Waals surface area (Å²) in [6, 6.07) is 5.85. The molecule has 4 heterocycles. The molecule has 0 spiro atoms. The standard InChI is InChI=1S/C21H26N4O3/c1-4-24-6-5-19(22-24)16-11-17-12-18(21(26)27)14(2)20(25(17)13-16)15(3)23-7-9-28-10-8-23/h5-6,11-13,15H,4,7-10H2,1-3H3,(H,26,27). The molecule has 1 aliphatic rings. The Morgan fingerprint density at radius 3 is 2.71 bits per heavy atom. The first-order valence-electron chi connectivity index (χ1n) is 9.74. The van der Waals surface area contributed by atoms with Crippen LogP contribution in [0.4, 0.5) is 0 Å². The Bertz CT molecular complexity index is 1010. The maximum Gasteiger partial charge on any atom is 0.336 e. The van der Waals surface area contributed by atoms with E-state index in [0.29, 0.717) is 18.8 Å². The normalized spacial score (nSPS) is 16.5. The van der Waals surface area contributed by atoms with Gasteiger partial charge in [-0.2, -0.15) is 5.10 Å². The summed E-state index contributed by atoms with van der Waals surface area (Å²) in [6.45, 7) is 10.0. The summed E-state index contributed by atoms with van der Waals surface area (Å²) in [7, 11) is 0. The number of carbonyl (C=O) groups is 1. The van der Waals surface area contributed by atoms with E-state index < -0.39 is 5.97 Å². The number of fused-ring (bicyclic) bond motifs is 1. The van der Waals surface area contributed by atoms with Crippen LogP contribution < -0.4 is 0 Å². The van der Waals surface area contributed by atoms with Crippen LogP contribution in [-0.4, -0.2) is 56.5 Å². The molecule has 7 nitrogen and oxygen atoms in total. The molecule has 1 fully saturated rings. The van der Waals surface area contributed by atoms with E-state index >= 15 is 0 Å². The molecule has 0 aromatic carbocycles. The number of hydrogen-bond donors (Lipinski definition) is 1. The molecule has 148 valence electrons. The van der Waals surface area contributed by atoms with E-state index in [1.807, 2.05) is 29.9 Å². The van der Waals surface area contributed by atoms with Gasteiger partial charge in [0.1, 0.15) is 0 Å². The number of ether oxygens (including phenoxy) is 1. The maximum atomic E-state index is 11.9. The summed E-state index contributed by atoms with van der Waals surface area (Å²) >= 11 is 0. The molecule has 1 N–H and O–H groups in total. The van der Waals surface area contributed by atoms with Gasteiger partial charge < -0.3 is 14.2 Å². The molecule has 1 saturated heterocycles. The van der Waals surface area contributed by atoms with E-state index in [9.17, 15) is 9.90 Å². The average molecular weight is 382 g/mol. The number of nitrogens with zero attached hydrogens (tertiary/aromatic N) is 4. The second-order valence-corrected chi connectivity index (χ2v) is 7.28.